The number of carboxylic acids is 1. The van der Waals surface area contributed by atoms with E-state index in [0.29, 0.717) is 40.6 Å². The molecule has 2 saturated carbocycles. The maximum absolute atomic E-state index is 15.6. The Labute approximate surface area is 240 Å². The number of hydrogen-bond acceptors (Lipinski definition) is 6. The molecule has 6 rings (SSSR count). The van der Waals surface area contributed by atoms with Gasteiger partial charge in [0, 0.05) is 41.9 Å². The fourth-order valence-corrected chi connectivity index (χ4v) is 6.98. The summed E-state index contributed by atoms with van der Waals surface area (Å²) in [6, 6.07) is 5.64. The number of amides is 2. The number of rotatable bonds is 9. The minimum Gasteiger partial charge on any atom is -0.481 e. The molecule has 2 aliphatic carbocycles. The number of fused-ring (bicyclic) bond motifs is 1. The lowest BCUT2D eigenvalue weighted by atomic mass is 9.90. The Balaban J connectivity index is 1.36. The van der Waals surface area contributed by atoms with E-state index < -0.39 is 22.8 Å². The SMILES string of the molecule is CN1C(=O)Cc2cc(-c3ccc(F)cc3-c3nc(N(C(=O)[C@@H](CC(=O)O)CC4CCCC4)C4CC4)sc3F)cnc21. The molecule has 2 fully saturated rings. The molecular formula is C30H30F2N4O4S. The molecule has 2 aromatic heterocycles. The molecule has 1 N–H and O–H groups in total. The van der Waals surface area contributed by atoms with Gasteiger partial charge in [0.2, 0.25) is 16.9 Å². The summed E-state index contributed by atoms with van der Waals surface area (Å²) in [5.74, 6) is -1.89. The lowest BCUT2D eigenvalue weighted by molar-refractivity contribution is -0.141. The number of aromatic nitrogens is 2. The molecule has 1 atom stereocenters. The Morgan fingerprint density at radius 2 is 1.90 bits per heavy atom. The highest BCUT2D eigenvalue weighted by Gasteiger charge is 2.41. The first-order valence-electron chi connectivity index (χ1n) is 14.0. The van der Waals surface area contributed by atoms with Crippen LogP contribution in [0.1, 0.15) is 56.9 Å². The number of thiazole rings is 1. The Morgan fingerprint density at radius 1 is 1.15 bits per heavy atom. The fraction of sp³-hybridized carbons (Fsp3) is 0.433. The van der Waals surface area contributed by atoms with Crippen molar-refractivity contribution in [3.8, 4) is 22.4 Å². The Bertz CT molecular complexity index is 1530. The molecule has 8 nitrogen and oxygen atoms in total. The quantitative estimate of drug-likeness (QED) is 0.341. The molecule has 0 spiro atoms. The average Bonchev–Trinajstić information content (AvgIpc) is 3.35. The van der Waals surface area contributed by atoms with Crippen LogP contribution < -0.4 is 9.80 Å². The topological polar surface area (TPSA) is 104 Å². The third-order valence-corrected chi connectivity index (χ3v) is 9.16. The van der Waals surface area contributed by atoms with Crippen LogP contribution in [-0.2, 0) is 20.8 Å². The van der Waals surface area contributed by atoms with E-state index in [2.05, 4.69) is 9.97 Å². The van der Waals surface area contributed by atoms with Crippen LogP contribution in [0.3, 0.4) is 0 Å². The predicted octanol–water partition coefficient (Wildman–Crippen LogP) is 5.84. The molecule has 214 valence electrons. The Hall–Kier alpha value is -3.73. The zero-order valence-corrected chi connectivity index (χ0v) is 23.4. The smallest absolute Gasteiger partial charge is 0.304 e. The van der Waals surface area contributed by atoms with Crippen molar-refractivity contribution in [3.05, 3.63) is 47.0 Å². The molecule has 3 aliphatic rings. The van der Waals surface area contributed by atoms with Crippen LogP contribution in [0.2, 0.25) is 0 Å². The van der Waals surface area contributed by atoms with Crippen LogP contribution in [0.5, 0.6) is 0 Å². The summed E-state index contributed by atoms with van der Waals surface area (Å²) in [6.45, 7) is 0. The lowest BCUT2D eigenvalue weighted by Crippen LogP contribution is -2.39. The van der Waals surface area contributed by atoms with E-state index in [4.69, 9.17) is 0 Å². The van der Waals surface area contributed by atoms with Gasteiger partial charge in [-0.1, -0.05) is 43.1 Å². The number of carboxylic acid groups (broad SMARTS) is 1. The van der Waals surface area contributed by atoms with Gasteiger partial charge in [0.25, 0.3) is 0 Å². The second kappa shape index (κ2) is 10.9. The summed E-state index contributed by atoms with van der Waals surface area (Å²) >= 11 is 0.714. The standard InChI is InChI=1S/C30H30F2N4O4S/c1-35-24(37)12-17-11-19(15-33-28(17)35)22-9-6-20(31)14-23(22)26-27(32)41-30(34-26)36(21-7-8-21)29(40)18(13-25(38)39)10-16-4-2-3-5-16/h6,9,11,14-16,18,21H,2-5,7-8,10,12-13H2,1H3,(H,38,39)/t18-/m1/s1. The van der Waals surface area contributed by atoms with Gasteiger partial charge in [-0.05, 0) is 48.9 Å². The van der Waals surface area contributed by atoms with Gasteiger partial charge in [-0.2, -0.15) is 4.39 Å². The number of halogens is 2. The fourth-order valence-electron chi connectivity index (χ4n) is 6.10. The third kappa shape index (κ3) is 5.47. The van der Waals surface area contributed by atoms with E-state index >= 15 is 4.39 Å². The number of benzene rings is 1. The molecule has 1 aliphatic heterocycles. The summed E-state index contributed by atoms with van der Waals surface area (Å²) in [6.07, 6.45) is 7.53. The van der Waals surface area contributed by atoms with Gasteiger partial charge < -0.3 is 5.11 Å². The summed E-state index contributed by atoms with van der Waals surface area (Å²) in [5.41, 5.74) is 1.93. The lowest BCUT2D eigenvalue weighted by Gasteiger charge is -2.26. The van der Waals surface area contributed by atoms with Gasteiger partial charge in [0.1, 0.15) is 17.3 Å². The van der Waals surface area contributed by atoms with E-state index in [1.54, 1.807) is 19.3 Å². The molecule has 1 aromatic carbocycles. The van der Waals surface area contributed by atoms with Gasteiger partial charge in [0.15, 0.2) is 5.13 Å². The zero-order chi connectivity index (χ0) is 28.8. The van der Waals surface area contributed by atoms with E-state index in [1.165, 1.54) is 28.0 Å². The third-order valence-electron chi connectivity index (χ3n) is 8.32. The van der Waals surface area contributed by atoms with Crippen molar-refractivity contribution in [2.24, 2.45) is 11.8 Å². The summed E-state index contributed by atoms with van der Waals surface area (Å²) in [4.78, 5) is 49.6. The first-order chi connectivity index (χ1) is 19.7. The minimum atomic E-state index is -1.04. The van der Waals surface area contributed by atoms with Crippen molar-refractivity contribution in [3.63, 3.8) is 0 Å². The van der Waals surface area contributed by atoms with Gasteiger partial charge in [0.05, 0.1) is 12.8 Å². The summed E-state index contributed by atoms with van der Waals surface area (Å²) in [7, 11) is 1.65. The number of nitrogens with zero attached hydrogens (tertiary/aromatic N) is 4. The molecule has 2 amide bonds. The molecule has 11 heteroatoms. The highest BCUT2D eigenvalue weighted by atomic mass is 32.1. The van der Waals surface area contributed by atoms with Crippen molar-refractivity contribution >= 4 is 40.1 Å². The van der Waals surface area contributed by atoms with E-state index in [9.17, 15) is 23.9 Å². The number of carbonyl (C=O) groups is 3. The predicted molar refractivity (Wildman–Crippen MR) is 151 cm³/mol. The summed E-state index contributed by atoms with van der Waals surface area (Å²) in [5, 5.41) is 9.04. The van der Waals surface area contributed by atoms with Gasteiger partial charge in [-0.25, -0.2) is 14.4 Å². The van der Waals surface area contributed by atoms with Crippen LogP contribution in [0.15, 0.2) is 30.5 Å². The molecule has 0 radical (unpaired) electrons. The maximum Gasteiger partial charge on any atom is 0.304 e. The normalized spacial score (nSPS) is 17.6. The van der Waals surface area contributed by atoms with Crippen LogP contribution in [0.4, 0.5) is 19.7 Å². The molecule has 0 bridgehead atoms. The molecule has 41 heavy (non-hydrogen) atoms. The zero-order valence-electron chi connectivity index (χ0n) is 22.6. The van der Waals surface area contributed by atoms with Crippen molar-refractivity contribution < 1.29 is 28.3 Å². The molecule has 0 saturated heterocycles. The molecular weight excluding hydrogens is 550 g/mol. The summed E-state index contributed by atoms with van der Waals surface area (Å²) < 4.78 is 30.1. The average molecular weight is 581 g/mol. The van der Waals surface area contributed by atoms with E-state index in [-0.39, 0.29) is 47.1 Å². The monoisotopic (exact) mass is 580 g/mol. The number of hydrogen-bond donors (Lipinski definition) is 1. The highest BCUT2D eigenvalue weighted by Crippen LogP contribution is 2.43. The van der Waals surface area contributed by atoms with E-state index in [0.717, 1.165) is 44.1 Å². The van der Waals surface area contributed by atoms with Crippen LogP contribution >= 0.6 is 11.3 Å². The molecule has 3 heterocycles. The Morgan fingerprint density at radius 3 is 2.61 bits per heavy atom. The van der Waals surface area contributed by atoms with Crippen LogP contribution in [0, 0.1) is 22.8 Å². The van der Waals surface area contributed by atoms with Crippen molar-refractivity contribution in [2.45, 2.75) is 63.8 Å². The molecule has 3 aromatic rings. The second-order valence-corrected chi connectivity index (χ2v) is 12.2. The van der Waals surface area contributed by atoms with Crippen molar-refractivity contribution in [1.29, 1.82) is 0 Å². The first-order valence-corrected chi connectivity index (χ1v) is 14.8. The second-order valence-electron chi connectivity index (χ2n) is 11.3. The number of pyridine rings is 1. The molecule has 0 unspecified atom stereocenters. The minimum absolute atomic E-state index is 0.0851. The Kier molecular flexibility index (Phi) is 7.31. The number of likely N-dealkylation sites (N-methyl/N-ethyl adjacent to an activating group) is 1. The van der Waals surface area contributed by atoms with Crippen LogP contribution in [-0.4, -0.2) is 45.9 Å². The number of aliphatic carboxylic acids is 1. The largest absolute Gasteiger partial charge is 0.481 e. The number of anilines is 2. The van der Waals surface area contributed by atoms with Crippen molar-refractivity contribution in [1.82, 2.24) is 9.97 Å². The first kappa shape index (κ1) is 27.4. The number of carbonyl (C=O) groups excluding carboxylic acids is 2. The van der Waals surface area contributed by atoms with Gasteiger partial charge in [-0.15, -0.1) is 0 Å². The van der Waals surface area contributed by atoms with Crippen LogP contribution in [0.25, 0.3) is 22.4 Å². The van der Waals surface area contributed by atoms with Gasteiger partial charge >= 0.3 is 5.97 Å². The highest BCUT2D eigenvalue weighted by molar-refractivity contribution is 7.14. The maximum atomic E-state index is 15.6. The van der Waals surface area contributed by atoms with Gasteiger partial charge in [-0.3, -0.25) is 24.2 Å². The van der Waals surface area contributed by atoms with E-state index in [1.807, 2.05) is 0 Å². The van der Waals surface area contributed by atoms with Crippen molar-refractivity contribution in [2.75, 3.05) is 16.8 Å².